The zero-order valence-corrected chi connectivity index (χ0v) is 17.8. The summed E-state index contributed by atoms with van der Waals surface area (Å²) >= 11 is 0. The topological polar surface area (TPSA) is 113 Å². The number of H-pyrrole nitrogens is 1. The van der Waals surface area contributed by atoms with E-state index in [2.05, 4.69) is 38.0 Å². The highest BCUT2D eigenvalue weighted by Gasteiger charge is 2.25. The highest BCUT2D eigenvalue weighted by molar-refractivity contribution is 5.95. The minimum atomic E-state index is 0.534. The molecule has 2 aromatic carbocycles. The van der Waals surface area contributed by atoms with Crippen LogP contribution >= 0.6 is 0 Å². The Kier molecular flexibility index (Phi) is 5.16. The van der Waals surface area contributed by atoms with E-state index in [1.165, 1.54) is 0 Å². The van der Waals surface area contributed by atoms with Gasteiger partial charge in [-0.15, -0.1) is 0 Å². The van der Waals surface area contributed by atoms with Gasteiger partial charge in [0.15, 0.2) is 0 Å². The third kappa shape index (κ3) is 3.62. The summed E-state index contributed by atoms with van der Waals surface area (Å²) in [7, 11) is 3.38. The number of fused-ring (bicyclic) bond motifs is 2. The molecule has 2 heterocycles. The molecule has 1 aromatic heterocycles. The van der Waals surface area contributed by atoms with Crippen molar-refractivity contribution in [1.29, 1.82) is 0 Å². The van der Waals surface area contributed by atoms with E-state index in [9.17, 15) is 0 Å². The predicted molar refractivity (Wildman–Crippen MR) is 120 cm³/mol. The fraction of sp³-hybridized carbons (Fsp3) is 0.182. The summed E-state index contributed by atoms with van der Waals surface area (Å²) in [5.74, 6) is 0. The van der Waals surface area contributed by atoms with Gasteiger partial charge < -0.3 is 5.43 Å². The smallest absolute Gasteiger partial charge is 0.145 e. The van der Waals surface area contributed by atoms with Gasteiger partial charge in [-0.05, 0) is 11.1 Å². The molecule has 160 valence electrons. The van der Waals surface area contributed by atoms with E-state index >= 15 is 0 Å². The first-order chi connectivity index (χ1) is 15.8. The molecule has 0 fully saturated rings. The number of aromatic nitrogens is 6. The number of rotatable bonds is 6. The first-order valence-corrected chi connectivity index (χ1v) is 10.2. The van der Waals surface area contributed by atoms with Gasteiger partial charge in [-0.3, -0.25) is 5.10 Å². The molecule has 0 saturated heterocycles. The molecule has 0 amide bonds. The number of nitrogens with one attached hydrogen (secondary N) is 2. The largest absolute Gasteiger partial charge is 0.312 e. The van der Waals surface area contributed by atoms with Gasteiger partial charge in [-0.1, -0.05) is 60.7 Å². The molecule has 2 N–H and O–H groups in total. The van der Waals surface area contributed by atoms with E-state index < -0.39 is 0 Å². The summed E-state index contributed by atoms with van der Waals surface area (Å²) < 4.78 is 0. The minimum absolute atomic E-state index is 0.534. The van der Waals surface area contributed by atoms with Crippen LogP contribution in [0.3, 0.4) is 0 Å². The lowest BCUT2D eigenvalue weighted by Crippen LogP contribution is -2.15. The Morgan fingerprint density at radius 2 is 1.53 bits per heavy atom. The van der Waals surface area contributed by atoms with E-state index in [1.54, 1.807) is 23.7 Å². The van der Waals surface area contributed by atoms with Crippen LogP contribution < -0.4 is 10.8 Å². The first kappa shape index (κ1) is 19.6. The van der Waals surface area contributed by atoms with Crippen molar-refractivity contribution >= 4 is 16.7 Å². The molecule has 0 unspecified atom stereocenters. The molecule has 32 heavy (non-hydrogen) atoms. The Hall–Kier alpha value is -4.34. The summed E-state index contributed by atoms with van der Waals surface area (Å²) in [6.07, 6.45) is 0. The van der Waals surface area contributed by atoms with Gasteiger partial charge in [0, 0.05) is 14.1 Å². The molecular weight excluding hydrogens is 404 g/mol. The van der Waals surface area contributed by atoms with Gasteiger partial charge >= 0.3 is 0 Å². The summed E-state index contributed by atoms with van der Waals surface area (Å²) in [5.41, 5.74) is 8.27. The normalized spacial score (nSPS) is 12.4. The highest BCUT2D eigenvalue weighted by atomic mass is 15.5. The third-order valence-electron chi connectivity index (χ3n) is 5.03. The van der Waals surface area contributed by atoms with Crippen LogP contribution in [0.4, 0.5) is 5.69 Å². The maximum absolute atomic E-state index is 4.76. The Morgan fingerprint density at radius 1 is 0.875 bits per heavy atom. The van der Waals surface area contributed by atoms with Crippen molar-refractivity contribution in [2.24, 2.45) is 15.3 Å². The average Bonchev–Trinajstić information content (AvgIpc) is 3.42. The summed E-state index contributed by atoms with van der Waals surface area (Å²) in [6.45, 7) is 1.11. The van der Waals surface area contributed by atoms with Crippen LogP contribution in [0.5, 0.6) is 0 Å². The van der Waals surface area contributed by atoms with Gasteiger partial charge in [-0.25, -0.2) is 4.80 Å². The van der Waals surface area contributed by atoms with Crippen LogP contribution in [0.2, 0.25) is 0 Å². The molecule has 2 aliphatic rings. The maximum Gasteiger partial charge on any atom is 0.145 e. The van der Waals surface area contributed by atoms with E-state index in [0.29, 0.717) is 46.6 Å². The van der Waals surface area contributed by atoms with Crippen molar-refractivity contribution in [3.63, 3.8) is 0 Å². The van der Waals surface area contributed by atoms with Crippen molar-refractivity contribution in [2.45, 2.75) is 13.1 Å². The van der Waals surface area contributed by atoms with Gasteiger partial charge in [-0.2, -0.15) is 35.4 Å². The Morgan fingerprint density at radius 3 is 2.19 bits per heavy atom. The van der Waals surface area contributed by atoms with Crippen molar-refractivity contribution < 1.29 is 0 Å². The zero-order chi connectivity index (χ0) is 21.9. The quantitative estimate of drug-likeness (QED) is 0.321. The lowest BCUT2D eigenvalue weighted by atomic mass is 10.1. The van der Waals surface area contributed by atoms with Crippen LogP contribution in [0.1, 0.15) is 11.1 Å². The lowest BCUT2D eigenvalue weighted by Gasteiger charge is -2.01. The van der Waals surface area contributed by atoms with Gasteiger partial charge in [0.2, 0.25) is 0 Å². The van der Waals surface area contributed by atoms with E-state index in [-0.39, 0.29) is 0 Å². The van der Waals surface area contributed by atoms with Crippen LogP contribution in [0, 0.1) is 0 Å². The van der Waals surface area contributed by atoms with Crippen molar-refractivity contribution in [2.75, 3.05) is 14.1 Å². The lowest BCUT2D eigenvalue weighted by molar-refractivity contribution is 0.595. The predicted octanol–water partition coefficient (Wildman–Crippen LogP) is 2.91. The zero-order valence-electron chi connectivity index (χ0n) is 17.8. The standard InChI is InChI=1S/C22H22N10/c1-23-25-17-19-21(29-31(27-19)13-15-9-5-3-6-10-15)18(26-24-2)22-20(17)28-32(30-22)14-16-11-7-4-8-12-16/h3-12,23,29H,13-14H2,1-2H3/b25-17-,26-24?. The molecule has 5 rings (SSSR count). The number of benzene rings is 3. The van der Waals surface area contributed by atoms with E-state index in [0.717, 1.165) is 11.1 Å². The van der Waals surface area contributed by atoms with Crippen LogP contribution in [0.25, 0.3) is 22.4 Å². The molecule has 1 aliphatic carbocycles. The Bertz CT molecular complexity index is 1370. The SMILES string of the molecule is CN=Nc1c2[nH]n(Cc3ccccc3)nc-2/c(=N/NC)c2nn(Cc3ccccc3)nc12. The molecule has 0 saturated carbocycles. The van der Waals surface area contributed by atoms with E-state index in [4.69, 9.17) is 15.3 Å². The first-order valence-electron chi connectivity index (χ1n) is 10.2. The molecule has 0 atom stereocenters. The summed E-state index contributed by atoms with van der Waals surface area (Å²) in [5, 5.41) is 31.0. The average molecular weight is 426 g/mol. The van der Waals surface area contributed by atoms with Crippen molar-refractivity contribution in [1.82, 2.24) is 35.4 Å². The van der Waals surface area contributed by atoms with Crippen LogP contribution in [-0.2, 0) is 13.1 Å². The van der Waals surface area contributed by atoms with Gasteiger partial charge in [0.1, 0.15) is 33.5 Å². The van der Waals surface area contributed by atoms with Crippen molar-refractivity contribution in [3.8, 4) is 11.4 Å². The second kappa shape index (κ2) is 8.42. The molecular formula is C22H22N10. The fourth-order valence-electron chi connectivity index (χ4n) is 3.67. The third-order valence-corrected chi connectivity index (χ3v) is 5.03. The fourth-order valence-corrected chi connectivity index (χ4v) is 3.67. The maximum atomic E-state index is 4.76. The van der Waals surface area contributed by atoms with Crippen LogP contribution in [0.15, 0.2) is 76.0 Å². The Balaban J connectivity index is 1.70. The Labute approximate surface area is 183 Å². The monoisotopic (exact) mass is 426 g/mol. The van der Waals surface area contributed by atoms with Gasteiger partial charge in [0.25, 0.3) is 0 Å². The second-order valence-electron chi connectivity index (χ2n) is 7.22. The molecule has 10 heteroatoms. The number of aromatic amines is 1. The van der Waals surface area contributed by atoms with Crippen molar-refractivity contribution in [3.05, 3.63) is 77.1 Å². The van der Waals surface area contributed by atoms with E-state index in [1.807, 2.05) is 48.5 Å². The summed E-state index contributed by atoms with van der Waals surface area (Å²) in [4.78, 5) is 3.42. The molecule has 1 aliphatic heterocycles. The van der Waals surface area contributed by atoms with Gasteiger partial charge in [0.05, 0.1) is 13.1 Å². The molecule has 3 aromatic rings. The van der Waals surface area contributed by atoms with Crippen LogP contribution in [-0.4, -0.2) is 44.1 Å². The summed E-state index contributed by atoms with van der Waals surface area (Å²) in [6, 6.07) is 20.2. The second-order valence-corrected chi connectivity index (χ2v) is 7.22. The number of nitrogens with zero attached hydrogens (tertiary/aromatic N) is 8. The number of azo groups is 1. The minimum Gasteiger partial charge on any atom is -0.312 e. The number of hydrogen-bond donors (Lipinski definition) is 2. The molecule has 10 nitrogen and oxygen atoms in total. The highest BCUT2D eigenvalue weighted by Crippen LogP contribution is 2.33. The molecule has 0 radical (unpaired) electrons. The molecule has 0 spiro atoms. The molecule has 0 bridgehead atoms. The number of hydrogen-bond acceptors (Lipinski definition) is 7.